The van der Waals surface area contributed by atoms with E-state index in [-0.39, 0.29) is 11.7 Å². The summed E-state index contributed by atoms with van der Waals surface area (Å²) < 4.78 is 5.42. The number of benzene rings is 1. The van der Waals surface area contributed by atoms with Crippen molar-refractivity contribution in [1.82, 2.24) is 4.98 Å². The minimum Gasteiger partial charge on any atom is -0.488 e. The molecule has 0 spiro atoms. The highest BCUT2D eigenvalue weighted by Crippen LogP contribution is 2.25. The van der Waals surface area contributed by atoms with Crippen molar-refractivity contribution in [1.29, 1.82) is 0 Å². The molecular weight excluding hydrogens is 242 g/mol. The lowest BCUT2D eigenvalue weighted by Crippen LogP contribution is -2.06. The molecule has 0 amide bonds. The van der Waals surface area contributed by atoms with E-state index in [4.69, 9.17) is 4.74 Å². The van der Waals surface area contributed by atoms with Gasteiger partial charge in [-0.25, -0.2) is 9.78 Å². The molecule has 4 heteroatoms. The molecule has 1 aromatic carbocycles. The highest BCUT2D eigenvalue weighted by atomic mass is 16.5. The molecule has 1 atom stereocenters. The number of hydrogen-bond donors (Lipinski definition) is 1. The lowest BCUT2D eigenvalue weighted by molar-refractivity contribution is 0.0698. The zero-order chi connectivity index (χ0) is 13.2. The quantitative estimate of drug-likeness (QED) is 0.893. The van der Waals surface area contributed by atoms with Gasteiger partial charge in [-0.2, -0.15) is 0 Å². The summed E-state index contributed by atoms with van der Waals surface area (Å²) in [4.78, 5) is 15.8. The highest BCUT2D eigenvalue weighted by Gasteiger charge is 2.17. The fourth-order valence-electron chi connectivity index (χ4n) is 2.07. The van der Waals surface area contributed by atoms with Crippen molar-refractivity contribution in [3.05, 3.63) is 66.1 Å². The van der Waals surface area contributed by atoms with Gasteiger partial charge in [-0.05, 0) is 24.3 Å². The predicted octanol–water partition coefficient (Wildman–Crippen LogP) is 3.07. The van der Waals surface area contributed by atoms with Crippen LogP contribution in [0.5, 0.6) is 0 Å². The van der Waals surface area contributed by atoms with E-state index < -0.39 is 5.97 Å². The number of carboxylic acid groups (broad SMARTS) is 1. The Hall–Kier alpha value is -2.62. The van der Waals surface area contributed by atoms with E-state index in [2.05, 4.69) is 4.98 Å². The van der Waals surface area contributed by atoms with Crippen molar-refractivity contribution >= 4 is 16.9 Å². The van der Waals surface area contributed by atoms with Crippen molar-refractivity contribution in [2.45, 2.75) is 6.10 Å². The lowest BCUT2D eigenvalue weighted by atomic mass is 10.1. The number of ether oxygens (including phenoxy) is 1. The molecule has 94 valence electrons. The van der Waals surface area contributed by atoms with Crippen molar-refractivity contribution in [3.8, 4) is 0 Å². The maximum atomic E-state index is 11.3. The first-order chi connectivity index (χ1) is 9.25. The van der Waals surface area contributed by atoms with Gasteiger partial charge in [0.05, 0.1) is 23.0 Å². The van der Waals surface area contributed by atoms with Gasteiger partial charge >= 0.3 is 5.97 Å². The average Bonchev–Trinajstić information content (AvgIpc) is 2.47. The summed E-state index contributed by atoms with van der Waals surface area (Å²) in [6.45, 7) is 0. The van der Waals surface area contributed by atoms with Crippen LogP contribution in [0, 0.1) is 0 Å². The number of allylic oxidation sites excluding steroid dienone is 2. The van der Waals surface area contributed by atoms with Gasteiger partial charge in [-0.3, -0.25) is 0 Å². The van der Waals surface area contributed by atoms with E-state index in [1.807, 2.05) is 18.2 Å². The van der Waals surface area contributed by atoms with Gasteiger partial charge in [0.15, 0.2) is 6.10 Å². The number of para-hydroxylation sites is 1. The third kappa shape index (κ3) is 2.08. The summed E-state index contributed by atoms with van der Waals surface area (Å²) in [5.74, 6) is -0.963. The topological polar surface area (TPSA) is 59.4 Å². The van der Waals surface area contributed by atoms with Gasteiger partial charge in [0, 0.05) is 5.39 Å². The number of hydrogen-bond acceptors (Lipinski definition) is 3. The lowest BCUT2D eigenvalue weighted by Gasteiger charge is -2.15. The number of aromatic carboxylic acids is 1. The normalized spacial score (nSPS) is 17.4. The monoisotopic (exact) mass is 253 g/mol. The molecule has 2 aromatic rings. The summed E-state index contributed by atoms with van der Waals surface area (Å²) in [5.41, 5.74) is 1.49. The number of carboxylic acids is 1. The molecule has 0 bridgehead atoms. The van der Waals surface area contributed by atoms with E-state index in [1.54, 1.807) is 36.6 Å². The van der Waals surface area contributed by atoms with Gasteiger partial charge in [-0.1, -0.05) is 24.3 Å². The Balaban J connectivity index is 2.19. The van der Waals surface area contributed by atoms with Gasteiger partial charge in [0.2, 0.25) is 0 Å². The Labute approximate surface area is 109 Å². The van der Waals surface area contributed by atoms with Crippen LogP contribution < -0.4 is 0 Å². The van der Waals surface area contributed by atoms with Gasteiger partial charge < -0.3 is 9.84 Å². The second-order valence-electron chi connectivity index (χ2n) is 4.19. The standard InChI is InChI=1S/C15H11NO3/c17-15(18)11-9-13(14-7-3-4-8-19-14)16-12-6-2-1-5-10(11)12/h1-9,14H,(H,17,18). The van der Waals surface area contributed by atoms with Crippen LogP contribution in [0.2, 0.25) is 0 Å². The SMILES string of the molecule is O=C(O)c1cc(C2C=CC=CO2)nc2ccccc12. The van der Waals surface area contributed by atoms with Crippen LogP contribution in [0.25, 0.3) is 10.9 Å². The molecule has 0 aliphatic carbocycles. The summed E-state index contributed by atoms with van der Waals surface area (Å²) >= 11 is 0. The van der Waals surface area contributed by atoms with E-state index in [0.29, 0.717) is 16.6 Å². The second-order valence-corrected chi connectivity index (χ2v) is 4.19. The Kier molecular flexibility index (Phi) is 2.76. The third-order valence-corrected chi connectivity index (χ3v) is 2.96. The van der Waals surface area contributed by atoms with Crippen LogP contribution in [0.4, 0.5) is 0 Å². The van der Waals surface area contributed by atoms with Gasteiger partial charge in [0.25, 0.3) is 0 Å². The first-order valence-corrected chi connectivity index (χ1v) is 5.87. The molecule has 4 nitrogen and oxygen atoms in total. The smallest absolute Gasteiger partial charge is 0.336 e. The van der Waals surface area contributed by atoms with Crippen molar-refractivity contribution in [2.24, 2.45) is 0 Å². The average molecular weight is 253 g/mol. The van der Waals surface area contributed by atoms with E-state index in [1.165, 1.54) is 0 Å². The molecule has 1 aliphatic rings. The number of aromatic nitrogens is 1. The minimum absolute atomic E-state index is 0.243. The molecule has 0 radical (unpaired) electrons. The van der Waals surface area contributed by atoms with Crippen LogP contribution >= 0.6 is 0 Å². The third-order valence-electron chi connectivity index (χ3n) is 2.96. The fourth-order valence-corrected chi connectivity index (χ4v) is 2.07. The van der Waals surface area contributed by atoms with Crippen molar-refractivity contribution in [3.63, 3.8) is 0 Å². The molecular formula is C15H11NO3. The first kappa shape index (κ1) is 11.5. The molecule has 1 aromatic heterocycles. The molecule has 1 N–H and O–H groups in total. The molecule has 1 aliphatic heterocycles. The molecule has 0 fully saturated rings. The van der Waals surface area contributed by atoms with Crippen LogP contribution in [0.3, 0.4) is 0 Å². The molecule has 19 heavy (non-hydrogen) atoms. The number of rotatable bonds is 2. The Morgan fingerprint density at radius 1 is 1.26 bits per heavy atom. The van der Waals surface area contributed by atoms with Crippen LogP contribution in [-0.2, 0) is 4.74 Å². The molecule has 0 saturated carbocycles. The predicted molar refractivity (Wildman–Crippen MR) is 70.8 cm³/mol. The minimum atomic E-state index is -0.963. The zero-order valence-electron chi connectivity index (χ0n) is 9.98. The second kappa shape index (κ2) is 4.57. The molecule has 1 unspecified atom stereocenters. The largest absolute Gasteiger partial charge is 0.488 e. The van der Waals surface area contributed by atoms with Crippen LogP contribution in [-0.4, -0.2) is 16.1 Å². The van der Waals surface area contributed by atoms with Crippen molar-refractivity contribution < 1.29 is 14.6 Å². The van der Waals surface area contributed by atoms with Crippen LogP contribution in [0.1, 0.15) is 22.2 Å². The summed E-state index contributed by atoms with van der Waals surface area (Å²) in [7, 11) is 0. The first-order valence-electron chi connectivity index (χ1n) is 5.87. The molecule has 2 heterocycles. The number of carbonyl (C=O) groups is 1. The Morgan fingerprint density at radius 2 is 2.11 bits per heavy atom. The summed E-state index contributed by atoms with van der Waals surface area (Å²) in [6, 6.07) is 8.76. The molecule has 0 saturated heterocycles. The van der Waals surface area contributed by atoms with E-state index in [9.17, 15) is 9.90 Å². The van der Waals surface area contributed by atoms with Crippen molar-refractivity contribution in [2.75, 3.05) is 0 Å². The molecule has 3 rings (SSSR count). The van der Waals surface area contributed by atoms with E-state index >= 15 is 0 Å². The zero-order valence-corrected chi connectivity index (χ0v) is 9.98. The Morgan fingerprint density at radius 3 is 2.84 bits per heavy atom. The maximum Gasteiger partial charge on any atom is 0.336 e. The Bertz CT molecular complexity index is 704. The number of nitrogens with zero attached hydrogens (tertiary/aromatic N) is 1. The fraction of sp³-hybridized carbons (Fsp3) is 0.0667. The summed E-state index contributed by atoms with van der Waals surface area (Å²) in [6.07, 6.45) is 6.69. The highest BCUT2D eigenvalue weighted by molar-refractivity contribution is 6.02. The van der Waals surface area contributed by atoms with Gasteiger partial charge in [-0.15, -0.1) is 0 Å². The number of pyridine rings is 1. The number of fused-ring (bicyclic) bond motifs is 1. The van der Waals surface area contributed by atoms with E-state index in [0.717, 1.165) is 0 Å². The van der Waals surface area contributed by atoms with Crippen LogP contribution in [0.15, 0.2) is 54.8 Å². The maximum absolute atomic E-state index is 11.3. The van der Waals surface area contributed by atoms with Gasteiger partial charge in [0.1, 0.15) is 0 Å². The summed E-state index contributed by atoms with van der Waals surface area (Å²) in [5, 5.41) is 9.94.